The summed E-state index contributed by atoms with van der Waals surface area (Å²) in [4.78, 5) is 0.899. The Morgan fingerprint density at radius 2 is 1.91 bits per heavy atom. The molecule has 0 aliphatic heterocycles. The highest BCUT2D eigenvalue weighted by Crippen LogP contribution is 2.44. The number of hydrogen-bond acceptors (Lipinski definition) is 4. The van der Waals surface area contributed by atoms with E-state index in [9.17, 15) is 4.39 Å². The Hall–Kier alpha value is -1.90. The first-order valence-corrected chi connectivity index (χ1v) is 8.74. The van der Waals surface area contributed by atoms with Crippen LogP contribution in [0.4, 0.5) is 4.39 Å². The molecular weight excluding hydrogens is 327 g/mol. The van der Waals surface area contributed by atoms with E-state index in [0.29, 0.717) is 10.9 Å². The van der Waals surface area contributed by atoms with Crippen LogP contribution in [0.15, 0.2) is 41.4 Å². The summed E-state index contributed by atoms with van der Waals surface area (Å²) in [6.45, 7) is 6.32. The van der Waals surface area contributed by atoms with Crippen LogP contribution in [0.25, 0.3) is 21.2 Å². The Labute approximate surface area is 143 Å². The van der Waals surface area contributed by atoms with Crippen molar-refractivity contribution in [2.45, 2.75) is 30.4 Å². The van der Waals surface area contributed by atoms with Gasteiger partial charge < -0.3 is 0 Å². The molecule has 0 aliphatic rings. The lowest BCUT2D eigenvalue weighted by molar-refractivity contribution is 0.636. The number of nitriles is 1. The van der Waals surface area contributed by atoms with Crippen molar-refractivity contribution in [3.05, 3.63) is 47.9 Å². The van der Waals surface area contributed by atoms with E-state index >= 15 is 0 Å². The highest BCUT2D eigenvalue weighted by atomic mass is 32.2. The van der Waals surface area contributed by atoms with Crippen molar-refractivity contribution in [1.82, 2.24) is 4.37 Å². The van der Waals surface area contributed by atoms with Gasteiger partial charge in [0.25, 0.3) is 0 Å². The van der Waals surface area contributed by atoms with Crippen LogP contribution in [0.2, 0.25) is 0 Å². The molecule has 23 heavy (non-hydrogen) atoms. The van der Waals surface area contributed by atoms with Crippen LogP contribution in [0.3, 0.4) is 0 Å². The van der Waals surface area contributed by atoms with Crippen LogP contribution in [-0.4, -0.2) is 9.12 Å². The zero-order chi connectivity index (χ0) is 16.6. The third-order valence-electron chi connectivity index (χ3n) is 3.28. The molecule has 1 aromatic heterocycles. The van der Waals surface area contributed by atoms with Crippen molar-refractivity contribution < 1.29 is 4.39 Å². The Bertz CT molecular complexity index is 900. The van der Waals surface area contributed by atoms with Crippen LogP contribution < -0.4 is 0 Å². The fourth-order valence-electron chi connectivity index (χ4n) is 2.36. The number of benzene rings is 2. The molecule has 0 bridgehead atoms. The minimum atomic E-state index is -0.238. The van der Waals surface area contributed by atoms with Crippen LogP contribution in [-0.2, 0) is 0 Å². The molecule has 2 nitrogen and oxygen atoms in total. The Morgan fingerprint density at radius 1 is 1.22 bits per heavy atom. The molecule has 0 unspecified atom stereocenters. The first kappa shape index (κ1) is 16.0. The molecule has 0 aliphatic carbocycles. The molecule has 116 valence electrons. The van der Waals surface area contributed by atoms with Gasteiger partial charge in [0.05, 0.1) is 22.5 Å². The number of thioether (sulfide) groups is 1. The van der Waals surface area contributed by atoms with Gasteiger partial charge in [0.15, 0.2) is 0 Å². The smallest absolute Gasteiger partial charge is 0.134 e. The van der Waals surface area contributed by atoms with Gasteiger partial charge in [-0.05, 0) is 35.3 Å². The van der Waals surface area contributed by atoms with Gasteiger partial charge in [-0.3, -0.25) is 0 Å². The van der Waals surface area contributed by atoms with E-state index in [1.807, 2.05) is 12.1 Å². The molecule has 3 rings (SSSR count). The Balaban J connectivity index is 2.27. The third-order valence-corrected chi connectivity index (χ3v) is 5.25. The first-order chi connectivity index (χ1) is 10.9. The monoisotopic (exact) mass is 342 g/mol. The fourth-order valence-corrected chi connectivity index (χ4v) is 4.40. The summed E-state index contributed by atoms with van der Waals surface area (Å²) >= 11 is 2.94. The van der Waals surface area contributed by atoms with E-state index in [1.54, 1.807) is 36.2 Å². The fraction of sp³-hybridized carbons (Fsp3) is 0.222. The predicted octanol–water partition coefficient (Wildman–Crippen LogP) is 5.86. The molecule has 3 aromatic rings. The molecule has 0 atom stereocenters. The molecule has 1 heterocycles. The van der Waals surface area contributed by atoms with E-state index in [2.05, 4.69) is 31.2 Å². The van der Waals surface area contributed by atoms with Gasteiger partial charge in [0.1, 0.15) is 5.82 Å². The molecule has 0 N–H and O–H groups in total. The number of nitrogens with zero attached hydrogens (tertiary/aromatic N) is 2. The quantitative estimate of drug-likeness (QED) is 0.547. The maximum absolute atomic E-state index is 14.4. The van der Waals surface area contributed by atoms with Crippen LogP contribution in [0.5, 0.6) is 0 Å². The lowest BCUT2D eigenvalue weighted by Gasteiger charge is -2.20. The van der Waals surface area contributed by atoms with E-state index in [-0.39, 0.29) is 10.6 Å². The SMILES string of the molecule is CC(C)(C)Sc1cc(F)c2cnsc2c1-c1ccc(C#N)cc1. The molecular formula is C18H15FN2S2. The number of rotatable bonds is 2. The molecule has 0 amide bonds. The maximum Gasteiger partial charge on any atom is 0.134 e. The highest BCUT2D eigenvalue weighted by molar-refractivity contribution is 8.00. The zero-order valence-corrected chi connectivity index (χ0v) is 14.7. The average Bonchev–Trinajstić information content (AvgIpc) is 2.96. The van der Waals surface area contributed by atoms with Gasteiger partial charge in [0, 0.05) is 20.6 Å². The molecule has 0 saturated carbocycles. The summed E-state index contributed by atoms with van der Waals surface area (Å²) in [5.74, 6) is -0.238. The van der Waals surface area contributed by atoms with Crippen molar-refractivity contribution in [1.29, 1.82) is 5.26 Å². The number of hydrogen-bond donors (Lipinski definition) is 0. The molecule has 0 saturated heterocycles. The predicted molar refractivity (Wildman–Crippen MR) is 95.3 cm³/mol. The van der Waals surface area contributed by atoms with Gasteiger partial charge in [-0.1, -0.05) is 32.9 Å². The van der Waals surface area contributed by atoms with E-state index < -0.39 is 0 Å². The lowest BCUT2D eigenvalue weighted by Crippen LogP contribution is -2.07. The van der Waals surface area contributed by atoms with Crippen LogP contribution >= 0.6 is 23.3 Å². The second-order valence-corrected chi connectivity index (χ2v) is 8.87. The van der Waals surface area contributed by atoms with E-state index in [0.717, 1.165) is 20.7 Å². The summed E-state index contributed by atoms with van der Waals surface area (Å²) < 4.78 is 19.4. The minimum absolute atomic E-state index is 0.0356. The van der Waals surface area contributed by atoms with Crippen molar-refractivity contribution in [2.24, 2.45) is 0 Å². The molecule has 0 radical (unpaired) electrons. The first-order valence-electron chi connectivity index (χ1n) is 7.15. The molecule has 0 spiro atoms. The summed E-state index contributed by atoms with van der Waals surface area (Å²) in [5.41, 5.74) is 2.58. The summed E-state index contributed by atoms with van der Waals surface area (Å²) in [5, 5.41) is 9.52. The van der Waals surface area contributed by atoms with Crippen molar-refractivity contribution in [3.8, 4) is 17.2 Å². The molecule has 5 heteroatoms. The maximum atomic E-state index is 14.4. The standard InChI is InChI=1S/C18H15FN2S2/c1-18(2,3)22-15-8-14(19)13-10-21-23-17(13)16(15)12-6-4-11(9-20)5-7-12/h4-8,10H,1-3H3. The zero-order valence-electron chi connectivity index (χ0n) is 13.1. The molecule has 2 aromatic carbocycles. The van der Waals surface area contributed by atoms with Crippen molar-refractivity contribution in [3.63, 3.8) is 0 Å². The van der Waals surface area contributed by atoms with Gasteiger partial charge in [-0.15, -0.1) is 11.8 Å². The number of aromatic nitrogens is 1. The summed E-state index contributed by atoms with van der Waals surface area (Å²) in [7, 11) is 0. The second-order valence-electron chi connectivity index (χ2n) is 6.20. The highest BCUT2D eigenvalue weighted by Gasteiger charge is 2.21. The average molecular weight is 342 g/mol. The normalized spacial score (nSPS) is 11.6. The Kier molecular flexibility index (Phi) is 4.13. The topological polar surface area (TPSA) is 36.7 Å². The van der Waals surface area contributed by atoms with Crippen LogP contribution in [0, 0.1) is 17.1 Å². The number of halogens is 1. The van der Waals surface area contributed by atoms with Gasteiger partial charge in [0.2, 0.25) is 0 Å². The van der Waals surface area contributed by atoms with Crippen LogP contribution in [0.1, 0.15) is 26.3 Å². The lowest BCUT2D eigenvalue weighted by atomic mass is 10.0. The summed E-state index contributed by atoms with van der Waals surface area (Å²) in [6.07, 6.45) is 1.58. The van der Waals surface area contributed by atoms with E-state index in [1.165, 1.54) is 11.5 Å². The Morgan fingerprint density at radius 3 is 2.52 bits per heavy atom. The van der Waals surface area contributed by atoms with Gasteiger partial charge >= 0.3 is 0 Å². The minimum Gasteiger partial charge on any atom is -0.206 e. The number of fused-ring (bicyclic) bond motifs is 1. The molecule has 0 fully saturated rings. The van der Waals surface area contributed by atoms with Gasteiger partial charge in [-0.25, -0.2) is 4.39 Å². The van der Waals surface area contributed by atoms with E-state index in [4.69, 9.17) is 5.26 Å². The van der Waals surface area contributed by atoms with Crippen molar-refractivity contribution >= 4 is 33.4 Å². The largest absolute Gasteiger partial charge is 0.206 e. The summed E-state index contributed by atoms with van der Waals surface area (Å²) in [6, 6.07) is 11.1. The van der Waals surface area contributed by atoms with Gasteiger partial charge in [-0.2, -0.15) is 9.64 Å². The van der Waals surface area contributed by atoms with Crippen molar-refractivity contribution in [2.75, 3.05) is 0 Å². The second kappa shape index (κ2) is 5.95. The third kappa shape index (κ3) is 3.24.